The van der Waals surface area contributed by atoms with E-state index in [4.69, 9.17) is 23.7 Å². The zero-order chi connectivity index (χ0) is 29.4. The summed E-state index contributed by atoms with van der Waals surface area (Å²) >= 11 is 0. The molecule has 1 amide bonds. The highest BCUT2D eigenvalue weighted by molar-refractivity contribution is 5.72. The molecule has 8 nitrogen and oxygen atoms in total. The molecule has 2 atom stereocenters. The van der Waals surface area contributed by atoms with Gasteiger partial charge in [0.15, 0.2) is 0 Å². The van der Waals surface area contributed by atoms with Gasteiger partial charge in [-0.3, -0.25) is 4.79 Å². The molecule has 4 rings (SSSR count). The minimum absolute atomic E-state index is 0.0261. The number of methoxy groups -OCH3 is 1. The molecule has 0 saturated carbocycles. The molecule has 42 heavy (non-hydrogen) atoms. The molecule has 226 valence electrons. The minimum Gasteiger partial charge on any atom is -0.496 e. The van der Waals surface area contributed by atoms with Crippen LogP contribution in [0.5, 0.6) is 17.2 Å². The number of ether oxygens (including phenoxy) is 5. The van der Waals surface area contributed by atoms with E-state index < -0.39 is 0 Å². The molecule has 1 saturated heterocycles. The highest BCUT2D eigenvalue weighted by Gasteiger charge is 2.27. The minimum atomic E-state index is -0.0261. The van der Waals surface area contributed by atoms with Crippen LogP contribution in [0.15, 0.2) is 72.8 Å². The fourth-order valence-corrected chi connectivity index (χ4v) is 5.13. The molecule has 2 N–H and O–H groups in total. The number of amides is 1. The zero-order valence-electron chi connectivity index (χ0n) is 24.8. The first-order valence-corrected chi connectivity index (χ1v) is 14.8. The van der Waals surface area contributed by atoms with Gasteiger partial charge in [0.25, 0.3) is 0 Å². The average Bonchev–Trinajstić information content (AvgIpc) is 3.02. The molecule has 0 radical (unpaired) electrons. The molecule has 3 aromatic rings. The maximum absolute atomic E-state index is 11.2. The maximum Gasteiger partial charge on any atom is 0.216 e. The van der Waals surface area contributed by atoms with Crippen molar-refractivity contribution in [2.24, 2.45) is 0 Å². The number of hydrogen-bond donors (Lipinski definition) is 2. The Morgan fingerprint density at radius 1 is 0.881 bits per heavy atom. The lowest BCUT2D eigenvalue weighted by atomic mass is 9.88. The molecule has 1 heterocycles. The predicted molar refractivity (Wildman–Crippen MR) is 163 cm³/mol. The van der Waals surface area contributed by atoms with Crippen molar-refractivity contribution in [3.05, 3.63) is 89.5 Å². The molecule has 3 aromatic carbocycles. The molecule has 0 aromatic heterocycles. The lowest BCUT2D eigenvalue weighted by Crippen LogP contribution is -2.41. The second-order valence-corrected chi connectivity index (χ2v) is 10.3. The van der Waals surface area contributed by atoms with Crippen LogP contribution < -0.4 is 24.8 Å². The normalized spacial score (nSPS) is 16.5. The van der Waals surface area contributed by atoms with Crippen LogP contribution in [0.1, 0.15) is 42.4 Å². The summed E-state index contributed by atoms with van der Waals surface area (Å²) in [4.78, 5) is 11.2. The van der Waals surface area contributed by atoms with Gasteiger partial charge in [-0.05, 0) is 54.8 Å². The van der Waals surface area contributed by atoms with Crippen molar-refractivity contribution in [1.82, 2.24) is 10.6 Å². The largest absolute Gasteiger partial charge is 0.496 e. The number of carbonyl (C=O) groups is 1. The molecule has 1 fully saturated rings. The van der Waals surface area contributed by atoms with Crippen molar-refractivity contribution in [2.75, 3.05) is 53.2 Å². The summed E-state index contributed by atoms with van der Waals surface area (Å²) in [6.45, 7) is 6.61. The van der Waals surface area contributed by atoms with E-state index in [2.05, 4.69) is 22.8 Å². The first-order chi connectivity index (χ1) is 20.6. The first kappa shape index (κ1) is 31.3. The standard InChI is InChI=1S/C34H44N2O6/c1-26(37)36-19-16-28-8-3-6-11-33(28)41-22-23-42-34-24-35-18-17-31(34)27-12-14-30(15-13-27)40-21-7-20-39-25-29-9-4-5-10-32(29)38-2/h3-6,8-15,31,34-35H,7,16-25H2,1-2H3,(H,36,37)/t31-,34+/m1/s1. The molecule has 0 unspecified atom stereocenters. The van der Waals surface area contributed by atoms with Crippen molar-refractivity contribution >= 4 is 5.91 Å². The Morgan fingerprint density at radius 2 is 1.64 bits per heavy atom. The van der Waals surface area contributed by atoms with Gasteiger partial charge < -0.3 is 34.3 Å². The van der Waals surface area contributed by atoms with Crippen molar-refractivity contribution in [2.45, 2.75) is 44.8 Å². The van der Waals surface area contributed by atoms with Crippen molar-refractivity contribution in [3.8, 4) is 17.2 Å². The van der Waals surface area contributed by atoms with E-state index in [1.165, 1.54) is 12.5 Å². The van der Waals surface area contributed by atoms with E-state index in [0.717, 1.165) is 60.7 Å². The Labute approximate surface area is 249 Å². The van der Waals surface area contributed by atoms with Crippen LogP contribution in [-0.2, 0) is 27.3 Å². The number of piperidine rings is 1. The van der Waals surface area contributed by atoms with Gasteiger partial charge >= 0.3 is 0 Å². The SMILES string of the molecule is COc1ccccc1COCCCOc1ccc([C@H]2CCNC[C@@H]2OCCOc2ccccc2CCNC(C)=O)cc1. The van der Waals surface area contributed by atoms with Crippen LogP contribution in [0.4, 0.5) is 0 Å². The van der Waals surface area contributed by atoms with Gasteiger partial charge in [0.2, 0.25) is 5.91 Å². The summed E-state index contributed by atoms with van der Waals surface area (Å²) in [6.07, 6.45) is 2.62. The van der Waals surface area contributed by atoms with E-state index in [-0.39, 0.29) is 12.0 Å². The smallest absolute Gasteiger partial charge is 0.216 e. The number of para-hydroxylation sites is 2. The van der Waals surface area contributed by atoms with E-state index in [9.17, 15) is 4.79 Å². The lowest BCUT2D eigenvalue weighted by Gasteiger charge is -2.32. The average molecular weight is 577 g/mol. The van der Waals surface area contributed by atoms with Gasteiger partial charge in [0, 0.05) is 37.9 Å². The Morgan fingerprint density at radius 3 is 2.43 bits per heavy atom. The summed E-state index contributed by atoms with van der Waals surface area (Å²) in [5, 5.41) is 6.30. The van der Waals surface area contributed by atoms with Gasteiger partial charge in [-0.1, -0.05) is 48.5 Å². The maximum atomic E-state index is 11.2. The summed E-state index contributed by atoms with van der Waals surface area (Å²) < 4.78 is 29.5. The number of rotatable bonds is 17. The van der Waals surface area contributed by atoms with Gasteiger partial charge in [0.05, 0.1) is 39.6 Å². The fraction of sp³-hybridized carbons (Fsp3) is 0.441. The molecule has 0 aliphatic carbocycles. The first-order valence-electron chi connectivity index (χ1n) is 14.8. The van der Waals surface area contributed by atoms with Crippen LogP contribution in [0, 0.1) is 0 Å². The van der Waals surface area contributed by atoms with Crippen LogP contribution >= 0.6 is 0 Å². The van der Waals surface area contributed by atoms with Crippen molar-refractivity contribution < 1.29 is 28.5 Å². The Kier molecular flexibility index (Phi) is 13.0. The second kappa shape index (κ2) is 17.4. The van der Waals surface area contributed by atoms with E-state index in [1.54, 1.807) is 7.11 Å². The highest BCUT2D eigenvalue weighted by Crippen LogP contribution is 2.29. The Balaban J connectivity index is 1.17. The van der Waals surface area contributed by atoms with E-state index in [0.29, 0.717) is 45.5 Å². The quantitative estimate of drug-likeness (QED) is 0.221. The van der Waals surface area contributed by atoms with Gasteiger partial charge in [0.1, 0.15) is 23.9 Å². The second-order valence-electron chi connectivity index (χ2n) is 10.3. The third-order valence-corrected chi connectivity index (χ3v) is 7.30. The molecule has 0 bridgehead atoms. The van der Waals surface area contributed by atoms with E-state index >= 15 is 0 Å². The topological polar surface area (TPSA) is 87.3 Å². The molecule has 1 aliphatic rings. The van der Waals surface area contributed by atoms with Gasteiger partial charge in [-0.25, -0.2) is 0 Å². The molecular weight excluding hydrogens is 532 g/mol. The molecule has 1 aliphatic heterocycles. The molecule has 8 heteroatoms. The van der Waals surface area contributed by atoms with Crippen LogP contribution in [-0.4, -0.2) is 65.2 Å². The summed E-state index contributed by atoms with van der Waals surface area (Å²) in [5.41, 5.74) is 3.38. The molecule has 0 spiro atoms. The third-order valence-electron chi connectivity index (χ3n) is 7.30. The number of hydrogen-bond acceptors (Lipinski definition) is 7. The Bertz CT molecular complexity index is 1220. The summed E-state index contributed by atoms with van der Waals surface area (Å²) in [6, 6.07) is 24.3. The predicted octanol–water partition coefficient (Wildman–Crippen LogP) is 4.90. The number of nitrogens with one attached hydrogen (secondary N) is 2. The van der Waals surface area contributed by atoms with Crippen LogP contribution in [0.25, 0.3) is 0 Å². The van der Waals surface area contributed by atoms with Crippen molar-refractivity contribution in [3.63, 3.8) is 0 Å². The van der Waals surface area contributed by atoms with Crippen LogP contribution in [0.2, 0.25) is 0 Å². The zero-order valence-corrected chi connectivity index (χ0v) is 24.8. The fourth-order valence-electron chi connectivity index (χ4n) is 5.13. The van der Waals surface area contributed by atoms with Crippen molar-refractivity contribution in [1.29, 1.82) is 0 Å². The number of benzene rings is 3. The third kappa shape index (κ3) is 10.0. The number of carbonyl (C=O) groups excluding carboxylic acids is 1. The molecular formula is C34H44N2O6. The van der Waals surface area contributed by atoms with E-state index in [1.807, 2.05) is 60.7 Å². The van der Waals surface area contributed by atoms with Crippen LogP contribution in [0.3, 0.4) is 0 Å². The monoisotopic (exact) mass is 576 g/mol. The Hall–Kier alpha value is -3.59. The summed E-state index contributed by atoms with van der Waals surface area (Å²) in [5.74, 6) is 2.83. The summed E-state index contributed by atoms with van der Waals surface area (Å²) in [7, 11) is 1.67. The highest BCUT2D eigenvalue weighted by atomic mass is 16.5. The lowest BCUT2D eigenvalue weighted by molar-refractivity contribution is -0.118. The van der Waals surface area contributed by atoms with Gasteiger partial charge in [-0.15, -0.1) is 0 Å². The van der Waals surface area contributed by atoms with Gasteiger partial charge in [-0.2, -0.15) is 0 Å².